The minimum atomic E-state index is -5.01. The van der Waals surface area contributed by atoms with E-state index in [9.17, 15) is 35.9 Å². The van der Waals surface area contributed by atoms with Crippen LogP contribution in [0.1, 0.15) is 36.7 Å². The van der Waals surface area contributed by atoms with Gasteiger partial charge in [0.2, 0.25) is 0 Å². The third-order valence-corrected chi connectivity index (χ3v) is 7.10. The minimum absolute atomic E-state index is 0.0836. The van der Waals surface area contributed by atoms with E-state index in [0.29, 0.717) is 0 Å². The number of nitrogens with one attached hydrogen (secondary N) is 3. The zero-order valence-corrected chi connectivity index (χ0v) is 19.6. The average molecular weight is 518 g/mol. The Kier molecular flexibility index (Phi) is 6.59. The number of hydrogen-bond donors (Lipinski definition) is 4. The molecule has 3 rings (SSSR count). The molecule has 0 radical (unpaired) electrons. The molecule has 35 heavy (non-hydrogen) atoms. The summed E-state index contributed by atoms with van der Waals surface area (Å²) < 4.78 is 78.7. The number of alkyl halides is 3. The SMILES string of the molecule is CC1(NC(=O)c2cnc(Nc3cc(OC(F)(F)F)ccc3F)c(C(=N)C(C)(C)O)c2)CS(=O)(=O)C1. The number of hydrogen-bond acceptors (Lipinski definition) is 8. The predicted molar refractivity (Wildman–Crippen MR) is 118 cm³/mol. The van der Waals surface area contributed by atoms with Gasteiger partial charge in [-0.15, -0.1) is 13.2 Å². The molecule has 0 aliphatic carbocycles. The maximum absolute atomic E-state index is 14.3. The maximum atomic E-state index is 14.3. The highest BCUT2D eigenvalue weighted by Crippen LogP contribution is 2.31. The molecule has 1 saturated heterocycles. The average Bonchev–Trinajstić information content (AvgIpc) is 2.66. The summed E-state index contributed by atoms with van der Waals surface area (Å²) in [5, 5.41) is 23.7. The van der Waals surface area contributed by atoms with E-state index >= 15 is 0 Å². The van der Waals surface area contributed by atoms with Crippen LogP contribution >= 0.6 is 0 Å². The topological polar surface area (TPSA) is 141 Å². The van der Waals surface area contributed by atoms with E-state index in [1.165, 1.54) is 19.9 Å². The fourth-order valence-corrected chi connectivity index (χ4v) is 5.48. The normalized spacial score (nSPS) is 16.7. The maximum Gasteiger partial charge on any atom is 0.573 e. The van der Waals surface area contributed by atoms with Crippen LogP contribution in [-0.4, -0.2) is 59.1 Å². The summed E-state index contributed by atoms with van der Waals surface area (Å²) in [6.07, 6.45) is -3.95. The van der Waals surface area contributed by atoms with Gasteiger partial charge in [0.05, 0.1) is 34.0 Å². The zero-order valence-electron chi connectivity index (χ0n) is 18.7. The van der Waals surface area contributed by atoms with Gasteiger partial charge in [-0.2, -0.15) is 0 Å². The molecule has 2 heterocycles. The van der Waals surface area contributed by atoms with E-state index in [2.05, 4.69) is 20.4 Å². The molecular weight excluding hydrogens is 496 g/mol. The van der Waals surface area contributed by atoms with Crippen LogP contribution < -0.4 is 15.4 Å². The molecule has 1 aliphatic heterocycles. The Labute approximate surface area is 197 Å². The second kappa shape index (κ2) is 8.75. The number of nitrogens with zero attached hydrogens (tertiary/aromatic N) is 1. The van der Waals surface area contributed by atoms with Crippen molar-refractivity contribution in [3.05, 3.63) is 47.4 Å². The summed E-state index contributed by atoms with van der Waals surface area (Å²) in [6.45, 7) is 4.11. The number of carbonyl (C=O) groups excluding carboxylic acids is 1. The number of sulfone groups is 1. The molecule has 1 aromatic heterocycles. The van der Waals surface area contributed by atoms with Gasteiger partial charge in [-0.3, -0.25) is 4.79 Å². The van der Waals surface area contributed by atoms with Crippen molar-refractivity contribution >= 4 is 33.0 Å². The van der Waals surface area contributed by atoms with Crippen molar-refractivity contribution in [3.63, 3.8) is 0 Å². The van der Waals surface area contributed by atoms with Crippen LogP contribution in [-0.2, 0) is 9.84 Å². The smallest absolute Gasteiger partial charge is 0.406 e. The van der Waals surface area contributed by atoms with Gasteiger partial charge < -0.3 is 25.9 Å². The molecule has 2 aromatic rings. The largest absolute Gasteiger partial charge is 0.573 e. The number of aromatic nitrogens is 1. The summed E-state index contributed by atoms with van der Waals surface area (Å²) in [5.41, 5.74) is -3.84. The molecule has 1 aromatic carbocycles. The first-order chi connectivity index (χ1) is 15.9. The summed E-state index contributed by atoms with van der Waals surface area (Å²) in [5.74, 6) is -3.09. The fourth-order valence-electron chi connectivity index (χ4n) is 3.48. The van der Waals surface area contributed by atoms with Crippen LogP contribution in [0.2, 0.25) is 0 Å². The molecule has 0 saturated carbocycles. The van der Waals surface area contributed by atoms with E-state index in [4.69, 9.17) is 5.41 Å². The number of halogens is 4. The lowest BCUT2D eigenvalue weighted by atomic mass is 9.95. The van der Waals surface area contributed by atoms with Gasteiger partial charge in [0.1, 0.15) is 23.0 Å². The molecule has 1 fully saturated rings. The number of rotatable bonds is 7. The molecule has 4 N–H and O–H groups in total. The van der Waals surface area contributed by atoms with E-state index < -0.39 is 56.2 Å². The van der Waals surface area contributed by atoms with Crippen LogP contribution in [0.3, 0.4) is 0 Å². The molecule has 9 nitrogen and oxygen atoms in total. The van der Waals surface area contributed by atoms with Gasteiger partial charge >= 0.3 is 6.36 Å². The first-order valence-electron chi connectivity index (χ1n) is 10.0. The van der Waals surface area contributed by atoms with Gasteiger partial charge in [-0.05, 0) is 39.0 Å². The third kappa shape index (κ3) is 6.45. The number of pyridine rings is 1. The van der Waals surface area contributed by atoms with Crippen molar-refractivity contribution in [1.82, 2.24) is 10.3 Å². The molecular formula is C21H22F4N4O5S. The van der Waals surface area contributed by atoms with Crippen molar-refractivity contribution in [2.24, 2.45) is 0 Å². The second-order valence-corrected chi connectivity index (χ2v) is 11.0. The Hall–Kier alpha value is -3.26. The van der Waals surface area contributed by atoms with Crippen LogP contribution in [0.25, 0.3) is 0 Å². The van der Waals surface area contributed by atoms with Crippen LogP contribution in [0.4, 0.5) is 29.1 Å². The van der Waals surface area contributed by atoms with Crippen molar-refractivity contribution in [2.75, 3.05) is 16.8 Å². The van der Waals surface area contributed by atoms with Crippen molar-refractivity contribution in [1.29, 1.82) is 5.41 Å². The Balaban J connectivity index is 1.96. The lowest BCUT2D eigenvalue weighted by Gasteiger charge is -2.38. The summed E-state index contributed by atoms with van der Waals surface area (Å²) in [6, 6.07) is 3.42. The van der Waals surface area contributed by atoms with Gasteiger partial charge in [0.15, 0.2) is 9.84 Å². The Morgan fingerprint density at radius 1 is 1.23 bits per heavy atom. The lowest BCUT2D eigenvalue weighted by molar-refractivity contribution is -0.274. The Bertz CT molecular complexity index is 1280. The van der Waals surface area contributed by atoms with Gasteiger partial charge in [-0.1, -0.05) is 0 Å². The standard InChI is InChI=1S/C21H22F4N4O5S/c1-19(2,31)16(26)13-6-11(18(30)29-20(3)9-35(32,33)10-20)8-27-17(13)28-15-7-12(4-5-14(15)22)34-21(23,24)25/h4-8,26,31H,9-10H2,1-3H3,(H,27,28)(H,29,30). The molecule has 0 unspecified atom stereocenters. The highest BCUT2D eigenvalue weighted by molar-refractivity contribution is 7.93. The molecule has 0 bridgehead atoms. The van der Waals surface area contributed by atoms with Crippen LogP contribution in [0.5, 0.6) is 5.75 Å². The number of anilines is 2. The highest BCUT2D eigenvalue weighted by Gasteiger charge is 2.46. The van der Waals surface area contributed by atoms with Crippen molar-refractivity contribution in [3.8, 4) is 5.75 Å². The number of aliphatic hydroxyl groups is 1. The molecule has 0 atom stereocenters. The lowest BCUT2D eigenvalue weighted by Crippen LogP contribution is -2.63. The van der Waals surface area contributed by atoms with Gasteiger partial charge in [0.25, 0.3) is 5.91 Å². The minimum Gasteiger partial charge on any atom is -0.406 e. The summed E-state index contributed by atoms with van der Waals surface area (Å²) in [4.78, 5) is 16.7. The van der Waals surface area contributed by atoms with Crippen LogP contribution in [0, 0.1) is 11.2 Å². The molecule has 14 heteroatoms. The molecule has 1 amide bonds. The Morgan fingerprint density at radius 3 is 2.40 bits per heavy atom. The highest BCUT2D eigenvalue weighted by atomic mass is 32.2. The molecule has 0 spiro atoms. The predicted octanol–water partition coefficient (Wildman–Crippen LogP) is 2.92. The van der Waals surface area contributed by atoms with Gasteiger partial charge in [-0.25, -0.2) is 17.8 Å². The van der Waals surface area contributed by atoms with E-state index in [0.717, 1.165) is 24.4 Å². The summed E-state index contributed by atoms with van der Waals surface area (Å²) >= 11 is 0. The first-order valence-corrected chi connectivity index (χ1v) is 11.9. The fraction of sp³-hybridized carbons (Fsp3) is 0.381. The number of amides is 1. The van der Waals surface area contributed by atoms with Crippen molar-refractivity contribution < 1.29 is 40.6 Å². The quantitative estimate of drug-likeness (QED) is 0.326. The monoisotopic (exact) mass is 518 g/mol. The van der Waals surface area contributed by atoms with E-state index in [1.807, 2.05) is 0 Å². The molecule has 190 valence electrons. The zero-order chi connectivity index (χ0) is 26.4. The van der Waals surface area contributed by atoms with Gasteiger partial charge in [0, 0.05) is 17.8 Å². The number of benzene rings is 1. The molecule has 1 aliphatic rings. The number of ether oxygens (including phenoxy) is 1. The van der Waals surface area contributed by atoms with Crippen LogP contribution in [0.15, 0.2) is 30.5 Å². The third-order valence-electron chi connectivity index (χ3n) is 4.95. The van der Waals surface area contributed by atoms with E-state index in [1.54, 1.807) is 6.92 Å². The van der Waals surface area contributed by atoms with Crippen molar-refractivity contribution in [2.45, 2.75) is 38.3 Å². The number of carbonyl (C=O) groups is 1. The second-order valence-electron chi connectivity index (χ2n) is 8.92. The van der Waals surface area contributed by atoms with E-state index in [-0.39, 0.29) is 28.5 Å². The summed E-state index contributed by atoms with van der Waals surface area (Å²) in [7, 11) is -3.24. The Morgan fingerprint density at radius 2 is 1.86 bits per heavy atom. The first kappa shape index (κ1) is 26.3.